The third-order valence-electron chi connectivity index (χ3n) is 3.35. The van der Waals surface area contributed by atoms with E-state index in [1.165, 1.54) is 19.3 Å². The fraction of sp³-hybridized carbons (Fsp3) is 0.889. The number of Topliss-reactive ketones (excluding diaryl/α,β-unsaturated/α-hetero) is 1. The molecular weight excluding hydrogens is 124 g/mol. The number of carbonyl (C=O) groups excluding carboxylic acids is 1. The van der Waals surface area contributed by atoms with Crippen molar-refractivity contribution in [3.8, 4) is 0 Å². The van der Waals surface area contributed by atoms with E-state index in [1.54, 1.807) is 0 Å². The fourth-order valence-electron chi connectivity index (χ4n) is 2.59. The number of hydrogen-bond donors (Lipinski definition) is 0. The summed E-state index contributed by atoms with van der Waals surface area (Å²) >= 11 is 0. The van der Waals surface area contributed by atoms with Crippen molar-refractivity contribution in [2.24, 2.45) is 17.8 Å². The Hall–Kier alpha value is -0.330. The first-order chi connectivity index (χ1) is 4.83. The molecule has 3 unspecified atom stereocenters. The molecule has 0 radical (unpaired) electrons. The highest BCUT2D eigenvalue weighted by Gasteiger charge is 2.47. The van der Waals surface area contributed by atoms with Gasteiger partial charge in [-0.3, -0.25) is 4.79 Å². The van der Waals surface area contributed by atoms with Gasteiger partial charge in [-0.15, -0.1) is 0 Å². The number of hydrogen-bond acceptors (Lipinski definition) is 1. The van der Waals surface area contributed by atoms with Crippen molar-refractivity contribution >= 4 is 5.78 Å². The summed E-state index contributed by atoms with van der Waals surface area (Å²) in [7, 11) is 0. The maximum Gasteiger partial charge on any atom is 0.136 e. The molecule has 2 aliphatic rings. The van der Waals surface area contributed by atoms with Crippen LogP contribution in [0.4, 0.5) is 0 Å². The van der Waals surface area contributed by atoms with Crippen LogP contribution in [0.1, 0.15) is 32.6 Å². The fourth-order valence-corrected chi connectivity index (χ4v) is 2.59. The van der Waals surface area contributed by atoms with Gasteiger partial charge in [-0.1, -0.05) is 13.3 Å². The smallest absolute Gasteiger partial charge is 0.136 e. The third-order valence-corrected chi connectivity index (χ3v) is 3.35. The average molecular weight is 138 g/mol. The maximum absolute atomic E-state index is 11.0. The Balaban J connectivity index is 2.03. The van der Waals surface area contributed by atoms with E-state index in [9.17, 15) is 4.79 Å². The molecule has 0 aliphatic heterocycles. The quantitative estimate of drug-likeness (QED) is 0.541. The molecule has 0 bridgehead atoms. The van der Waals surface area contributed by atoms with E-state index in [0.29, 0.717) is 11.7 Å². The van der Waals surface area contributed by atoms with Crippen molar-refractivity contribution in [2.75, 3.05) is 0 Å². The van der Waals surface area contributed by atoms with Gasteiger partial charge in [0.1, 0.15) is 5.78 Å². The van der Waals surface area contributed by atoms with Gasteiger partial charge in [0.25, 0.3) is 0 Å². The minimum Gasteiger partial charge on any atom is -0.299 e. The molecule has 0 aromatic heterocycles. The first-order valence-corrected chi connectivity index (χ1v) is 4.35. The predicted molar refractivity (Wildman–Crippen MR) is 39.6 cm³/mol. The normalized spacial score (nSPS) is 44.9. The molecule has 0 heterocycles. The second-order valence-corrected chi connectivity index (χ2v) is 3.69. The SMILES string of the molecule is CCC1CCC2C(=O)CC12. The number of rotatable bonds is 1. The Morgan fingerprint density at radius 3 is 2.80 bits per heavy atom. The van der Waals surface area contributed by atoms with Crippen LogP contribution >= 0.6 is 0 Å². The summed E-state index contributed by atoms with van der Waals surface area (Å²) < 4.78 is 0. The molecule has 2 saturated carbocycles. The summed E-state index contributed by atoms with van der Waals surface area (Å²) in [6.07, 6.45) is 4.71. The van der Waals surface area contributed by atoms with Gasteiger partial charge < -0.3 is 0 Å². The van der Waals surface area contributed by atoms with Crippen LogP contribution in [0.15, 0.2) is 0 Å². The van der Waals surface area contributed by atoms with Crippen LogP contribution < -0.4 is 0 Å². The summed E-state index contributed by atoms with van der Waals surface area (Å²) in [5, 5.41) is 0. The van der Waals surface area contributed by atoms with Gasteiger partial charge in [0.15, 0.2) is 0 Å². The van der Waals surface area contributed by atoms with Crippen LogP contribution in [0.25, 0.3) is 0 Å². The zero-order valence-electron chi connectivity index (χ0n) is 6.47. The number of ketones is 1. The number of fused-ring (bicyclic) bond motifs is 1. The van der Waals surface area contributed by atoms with Crippen LogP contribution in [0, 0.1) is 17.8 Å². The standard InChI is InChI=1S/C9H14O/c1-2-6-3-4-7-8(6)5-9(7)10/h6-8H,2-5H2,1H3. The molecule has 10 heavy (non-hydrogen) atoms. The van der Waals surface area contributed by atoms with E-state index in [1.807, 2.05) is 0 Å². The zero-order valence-corrected chi connectivity index (χ0v) is 6.47. The highest BCUT2D eigenvalue weighted by Crippen LogP contribution is 2.48. The molecule has 0 N–H and O–H groups in total. The lowest BCUT2D eigenvalue weighted by molar-refractivity contribution is -0.133. The Morgan fingerprint density at radius 1 is 1.50 bits per heavy atom. The van der Waals surface area contributed by atoms with Crippen molar-refractivity contribution in [3.63, 3.8) is 0 Å². The van der Waals surface area contributed by atoms with Gasteiger partial charge in [0.05, 0.1) is 0 Å². The van der Waals surface area contributed by atoms with Crippen LogP contribution in [0.5, 0.6) is 0 Å². The molecule has 56 valence electrons. The molecule has 0 aromatic rings. The van der Waals surface area contributed by atoms with Gasteiger partial charge in [-0.05, 0) is 24.7 Å². The molecule has 3 atom stereocenters. The average Bonchev–Trinajstić information content (AvgIpc) is 2.25. The summed E-state index contributed by atoms with van der Waals surface area (Å²) in [6, 6.07) is 0. The molecular formula is C9H14O. The molecule has 0 amide bonds. The predicted octanol–water partition coefficient (Wildman–Crippen LogP) is 2.01. The lowest BCUT2D eigenvalue weighted by Crippen LogP contribution is -2.35. The van der Waals surface area contributed by atoms with Crippen molar-refractivity contribution in [1.82, 2.24) is 0 Å². The molecule has 2 fully saturated rings. The van der Waals surface area contributed by atoms with Crippen LogP contribution in [-0.4, -0.2) is 5.78 Å². The molecule has 0 saturated heterocycles. The van der Waals surface area contributed by atoms with E-state index in [-0.39, 0.29) is 0 Å². The van der Waals surface area contributed by atoms with Crippen molar-refractivity contribution in [3.05, 3.63) is 0 Å². The summed E-state index contributed by atoms with van der Waals surface area (Å²) in [4.78, 5) is 11.0. The Bertz CT molecular complexity index is 162. The van der Waals surface area contributed by atoms with Crippen molar-refractivity contribution < 1.29 is 4.79 Å². The molecule has 0 aromatic carbocycles. The van der Waals surface area contributed by atoms with Crippen LogP contribution in [-0.2, 0) is 4.79 Å². The summed E-state index contributed by atoms with van der Waals surface area (Å²) in [5.74, 6) is 2.74. The van der Waals surface area contributed by atoms with Gasteiger partial charge in [0, 0.05) is 12.3 Å². The second kappa shape index (κ2) is 2.08. The van der Waals surface area contributed by atoms with Crippen LogP contribution in [0.2, 0.25) is 0 Å². The number of carbonyl (C=O) groups is 1. The monoisotopic (exact) mass is 138 g/mol. The van der Waals surface area contributed by atoms with Crippen LogP contribution in [0.3, 0.4) is 0 Å². The first-order valence-electron chi connectivity index (χ1n) is 4.35. The minimum absolute atomic E-state index is 0.505. The Morgan fingerprint density at radius 2 is 2.30 bits per heavy atom. The largest absolute Gasteiger partial charge is 0.299 e. The van der Waals surface area contributed by atoms with Gasteiger partial charge in [-0.25, -0.2) is 0 Å². The van der Waals surface area contributed by atoms with E-state index in [0.717, 1.165) is 18.3 Å². The van der Waals surface area contributed by atoms with E-state index >= 15 is 0 Å². The summed E-state index contributed by atoms with van der Waals surface area (Å²) in [5.41, 5.74) is 0. The van der Waals surface area contributed by atoms with Crippen molar-refractivity contribution in [1.29, 1.82) is 0 Å². The lowest BCUT2D eigenvalue weighted by atomic mass is 9.71. The maximum atomic E-state index is 11.0. The first kappa shape index (κ1) is 6.38. The van der Waals surface area contributed by atoms with Crippen molar-refractivity contribution in [2.45, 2.75) is 32.6 Å². The third kappa shape index (κ3) is 0.664. The Labute approximate surface area is 61.8 Å². The topological polar surface area (TPSA) is 17.1 Å². The lowest BCUT2D eigenvalue weighted by Gasteiger charge is -2.32. The molecule has 1 nitrogen and oxygen atoms in total. The second-order valence-electron chi connectivity index (χ2n) is 3.69. The highest BCUT2D eigenvalue weighted by atomic mass is 16.1. The van der Waals surface area contributed by atoms with Gasteiger partial charge >= 0.3 is 0 Å². The molecule has 1 heteroatoms. The van der Waals surface area contributed by atoms with Gasteiger partial charge in [-0.2, -0.15) is 0 Å². The molecule has 2 rings (SSSR count). The van der Waals surface area contributed by atoms with E-state index in [4.69, 9.17) is 0 Å². The zero-order chi connectivity index (χ0) is 7.14. The minimum atomic E-state index is 0.505. The van der Waals surface area contributed by atoms with E-state index < -0.39 is 0 Å². The highest BCUT2D eigenvalue weighted by molar-refractivity contribution is 5.87. The molecule has 0 spiro atoms. The van der Waals surface area contributed by atoms with Gasteiger partial charge in [0.2, 0.25) is 0 Å². The van der Waals surface area contributed by atoms with E-state index in [2.05, 4.69) is 6.92 Å². The summed E-state index contributed by atoms with van der Waals surface area (Å²) in [6.45, 7) is 2.25. The molecule has 2 aliphatic carbocycles. The Kier molecular flexibility index (Phi) is 1.33.